The molecule has 0 unspecified atom stereocenters. The fourth-order valence-electron chi connectivity index (χ4n) is 4.15. The van der Waals surface area contributed by atoms with Gasteiger partial charge in [-0.3, -0.25) is 14.7 Å². The second kappa shape index (κ2) is 6.25. The summed E-state index contributed by atoms with van der Waals surface area (Å²) in [6.45, 7) is 4.00. The number of hydrogen-bond donors (Lipinski definition) is 2. The summed E-state index contributed by atoms with van der Waals surface area (Å²) in [5, 5.41) is 4.06. The fraction of sp³-hybridized carbons (Fsp3) is 0.333. The summed E-state index contributed by atoms with van der Waals surface area (Å²) in [6.07, 6.45) is 5.76. The van der Waals surface area contributed by atoms with Gasteiger partial charge in [0.25, 0.3) is 5.91 Å². The maximum absolute atomic E-state index is 12.2. The van der Waals surface area contributed by atoms with E-state index in [1.54, 1.807) is 6.20 Å². The lowest BCUT2D eigenvalue weighted by molar-refractivity contribution is 0.0966. The van der Waals surface area contributed by atoms with E-state index in [0.29, 0.717) is 12.1 Å². The first-order chi connectivity index (χ1) is 12.8. The van der Waals surface area contributed by atoms with E-state index in [-0.39, 0.29) is 5.91 Å². The first kappa shape index (κ1) is 15.6. The van der Waals surface area contributed by atoms with Gasteiger partial charge in [-0.1, -0.05) is 12.5 Å². The van der Waals surface area contributed by atoms with E-state index in [9.17, 15) is 4.79 Å². The van der Waals surface area contributed by atoms with Crippen LogP contribution in [0.15, 0.2) is 36.5 Å². The lowest BCUT2D eigenvalue weighted by Gasteiger charge is -2.26. The van der Waals surface area contributed by atoms with Crippen molar-refractivity contribution in [3.8, 4) is 11.4 Å². The van der Waals surface area contributed by atoms with E-state index in [4.69, 9.17) is 0 Å². The number of carbonyl (C=O) groups is 1. The summed E-state index contributed by atoms with van der Waals surface area (Å²) < 4.78 is 0. The van der Waals surface area contributed by atoms with Crippen molar-refractivity contribution in [3.63, 3.8) is 0 Å². The summed E-state index contributed by atoms with van der Waals surface area (Å²) in [5.74, 6) is -0.0347. The third-order valence-electron chi connectivity index (χ3n) is 5.50. The number of fused-ring (bicyclic) bond motifs is 2. The van der Waals surface area contributed by atoms with Gasteiger partial charge in [0.2, 0.25) is 0 Å². The van der Waals surface area contributed by atoms with E-state index in [2.05, 4.69) is 44.5 Å². The van der Waals surface area contributed by atoms with Crippen LogP contribution in [0.2, 0.25) is 0 Å². The van der Waals surface area contributed by atoms with E-state index in [1.807, 2.05) is 6.07 Å². The SMILES string of the molecule is O=C1NCc2ccnc(-c3cc4cc(CN5CCCCC5)ccc4[nH]3)c21. The van der Waals surface area contributed by atoms with Crippen molar-refractivity contribution in [2.24, 2.45) is 0 Å². The number of benzene rings is 1. The summed E-state index contributed by atoms with van der Waals surface area (Å²) in [6, 6.07) is 10.6. The second-order valence-corrected chi connectivity index (χ2v) is 7.32. The number of carbonyl (C=O) groups excluding carboxylic acids is 1. The van der Waals surface area contributed by atoms with Gasteiger partial charge in [-0.05, 0) is 61.3 Å². The van der Waals surface area contributed by atoms with Gasteiger partial charge in [-0.25, -0.2) is 0 Å². The molecule has 2 aliphatic heterocycles. The summed E-state index contributed by atoms with van der Waals surface area (Å²) >= 11 is 0. The van der Waals surface area contributed by atoms with Gasteiger partial charge in [-0.2, -0.15) is 0 Å². The molecule has 1 aromatic carbocycles. The molecule has 3 aromatic rings. The maximum Gasteiger partial charge on any atom is 0.254 e. The molecule has 2 aromatic heterocycles. The number of piperidine rings is 1. The van der Waals surface area contributed by atoms with Gasteiger partial charge >= 0.3 is 0 Å². The molecule has 1 fully saturated rings. The van der Waals surface area contributed by atoms with Crippen LogP contribution in [-0.4, -0.2) is 33.9 Å². The van der Waals surface area contributed by atoms with Crippen LogP contribution in [0.3, 0.4) is 0 Å². The minimum absolute atomic E-state index is 0.0347. The minimum Gasteiger partial charge on any atom is -0.353 e. The van der Waals surface area contributed by atoms with Crippen LogP contribution in [0, 0.1) is 0 Å². The van der Waals surface area contributed by atoms with Gasteiger partial charge in [0.1, 0.15) is 0 Å². The van der Waals surface area contributed by atoms with E-state index in [0.717, 1.165) is 29.0 Å². The molecule has 1 saturated heterocycles. The quantitative estimate of drug-likeness (QED) is 0.763. The predicted molar refractivity (Wildman–Crippen MR) is 102 cm³/mol. The van der Waals surface area contributed by atoms with Crippen molar-refractivity contribution >= 4 is 16.8 Å². The molecule has 132 valence electrons. The van der Waals surface area contributed by atoms with Gasteiger partial charge < -0.3 is 10.3 Å². The van der Waals surface area contributed by atoms with Crippen molar-refractivity contribution in [2.45, 2.75) is 32.4 Å². The average molecular weight is 346 g/mol. The topological polar surface area (TPSA) is 61.0 Å². The third-order valence-corrected chi connectivity index (χ3v) is 5.50. The van der Waals surface area contributed by atoms with Gasteiger partial charge in [0.05, 0.1) is 17.0 Å². The van der Waals surface area contributed by atoms with Crippen LogP contribution < -0.4 is 5.32 Å². The molecule has 4 heterocycles. The van der Waals surface area contributed by atoms with Crippen LogP contribution in [0.4, 0.5) is 0 Å². The summed E-state index contributed by atoms with van der Waals surface area (Å²) in [5.41, 5.74) is 5.79. The van der Waals surface area contributed by atoms with Crippen molar-refractivity contribution < 1.29 is 4.79 Å². The summed E-state index contributed by atoms with van der Waals surface area (Å²) in [4.78, 5) is 22.6. The highest BCUT2D eigenvalue weighted by Gasteiger charge is 2.24. The van der Waals surface area contributed by atoms with Crippen molar-refractivity contribution in [1.82, 2.24) is 20.2 Å². The first-order valence-corrected chi connectivity index (χ1v) is 9.38. The number of aromatic amines is 1. The Bertz CT molecular complexity index is 985. The number of H-pyrrole nitrogens is 1. The zero-order valence-corrected chi connectivity index (χ0v) is 14.7. The van der Waals surface area contributed by atoms with Crippen molar-refractivity contribution in [3.05, 3.63) is 53.2 Å². The molecule has 0 spiro atoms. The largest absolute Gasteiger partial charge is 0.353 e. The Morgan fingerprint density at radius 1 is 1.08 bits per heavy atom. The molecule has 0 atom stereocenters. The van der Waals surface area contributed by atoms with Crippen LogP contribution in [0.25, 0.3) is 22.3 Å². The normalized spacial score (nSPS) is 17.5. The molecule has 5 rings (SSSR count). The molecule has 0 bridgehead atoms. The Balaban J connectivity index is 1.49. The molecular formula is C21H22N4O. The number of pyridine rings is 1. The molecular weight excluding hydrogens is 324 g/mol. The monoisotopic (exact) mass is 346 g/mol. The number of amides is 1. The number of rotatable bonds is 3. The highest BCUT2D eigenvalue weighted by molar-refractivity contribution is 6.04. The number of hydrogen-bond acceptors (Lipinski definition) is 3. The Kier molecular flexibility index (Phi) is 3.75. The molecule has 5 nitrogen and oxygen atoms in total. The minimum atomic E-state index is -0.0347. The van der Waals surface area contributed by atoms with E-state index >= 15 is 0 Å². The Labute approximate surface area is 152 Å². The number of likely N-dealkylation sites (tertiary alicyclic amines) is 1. The molecule has 26 heavy (non-hydrogen) atoms. The Morgan fingerprint density at radius 3 is 2.85 bits per heavy atom. The predicted octanol–water partition coefficient (Wildman–Crippen LogP) is 3.46. The van der Waals surface area contributed by atoms with E-state index in [1.165, 1.54) is 43.3 Å². The van der Waals surface area contributed by atoms with Crippen LogP contribution in [0.1, 0.15) is 40.7 Å². The smallest absolute Gasteiger partial charge is 0.254 e. The van der Waals surface area contributed by atoms with Crippen LogP contribution in [0.5, 0.6) is 0 Å². The lowest BCUT2D eigenvalue weighted by atomic mass is 10.1. The third kappa shape index (κ3) is 2.69. The summed E-state index contributed by atoms with van der Waals surface area (Å²) in [7, 11) is 0. The van der Waals surface area contributed by atoms with Crippen molar-refractivity contribution in [2.75, 3.05) is 13.1 Å². The highest BCUT2D eigenvalue weighted by atomic mass is 16.1. The maximum atomic E-state index is 12.2. The number of nitrogens with one attached hydrogen (secondary N) is 2. The Hall–Kier alpha value is -2.66. The van der Waals surface area contributed by atoms with Gasteiger partial charge in [0, 0.05) is 30.2 Å². The first-order valence-electron chi connectivity index (χ1n) is 9.38. The fourth-order valence-corrected chi connectivity index (χ4v) is 4.15. The molecule has 2 N–H and O–H groups in total. The number of aromatic nitrogens is 2. The van der Waals surface area contributed by atoms with Crippen LogP contribution in [-0.2, 0) is 13.1 Å². The second-order valence-electron chi connectivity index (χ2n) is 7.32. The molecule has 1 amide bonds. The highest BCUT2D eigenvalue weighted by Crippen LogP contribution is 2.29. The lowest BCUT2D eigenvalue weighted by Crippen LogP contribution is -2.28. The molecule has 0 aliphatic carbocycles. The molecule has 0 saturated carbocycles. The molecule has 5 heteroatoms. The zero-order chi connectivity index (χ0) is 17.5. The number of nitrogens with zero attached hydrogens (tertiary/aromatic N) is 2. The Morgan fingerprint density at radius 2 is 1.96 bits per heavy atom. The zero-order valence-electron chi connectivity index (χ0n) is 14.7. The molecule has 0 radical (unpaired) electrons. The van der Waals surface area contributed by atoms with Crippen molar-refractivity contribution in [1.29, 1.82) is 0 Å². The molecule has 2 aliphatic rings. The average Bonchev–Trinajstić information content (AvgIpc) is 3.26. The van der Waals surface area contributed by atoms with Gasteiger partial charge in [0.15, 0.2) is 0 Å². The van der Waals surface area contributed by atoms with Crippen LogP contribution >= 0.6 is 0 Å². The van der Waals surface area contributed by atoms with E-state index < -0.39 is 0 Å². The standard InChI is InChI=1S/C21H22N4O/c26-21-19-15(12-23-21)6-7-22-20(19)18-11-16-10-14(4-5-17(16)24-18)13-25-8-2-1-3-9-25/h4-7,10-11,24H,1-3,8-9,12-13H2,(H,23,26). The van der Waals surface area contributed by atoms with Gasteiger partial charge in [-0.15, -0.1) is 0 Å².